The van der Waals surface area contributed by atoms with Crippen molar-refractivity contribution in [2.45, 2.75) is 18.6 Å². The molecule has 0 spiro atoms. The highest BCUT2D eigenvalue weighted by Crippen LogP contribution is 2.20. The first-order chi connectivity index (χ1) is 10.2. The van der Waals surface area contributed by atoms with Crippen molar-refractivity contribution >= 4 is 34.4 Å². The second kappa shape index (κ2) is 7.31. The Labute approximate surface area is 129 Å². The third-order valence-corrected chi connectivity index (χ3v) is 4.50. The van der Waals surface area contributed by atoms with Crippen molar-refractivity contribution in [3.05, 3.63) is 35.9 Å². The molecule has 0 aliphatic rings. The summed E-state index contributed by atoms with van der Waals surface area (Å²) in [5.74, 6) is 0.662. The maximum atomic E-state index is 12.4. The van der Waals surface area contributed by atoms with Gasteiger partial charge in [0.05, 0.1) is 11.1 Å². The van der Waals surface area contributed by atoms with Crippen molar-refractivity contribution in [3.63, 3.8) is 0 Å². The number of hydrogen-bond donors (Lipinski definition) is 2. The largest absolute Gasteiger partial charge is 0.373 e. The van der Waals surface area contributed by atoms with Gasteiger partial charge in [-0.1, -0.05) is 25.1 Å². The van der Waals surface area contributed by atoms with Crippen LogP contribution in [-0.4, -0.2) is 36.0 Å². The minimum absolute atomic E-state index is 0.0431. The van der Waals surface area contributed by atoms with Gasteiger partial charge in [0.2, 0.25) is 0 Å². The van der Waals surface area contributed by atoms with Crippen molar-refractivity contribution in [2.24, 2.45) is 0 Å². The van der Waals surface area contributed by atoms with Gasteiger partial charge in [-0.3, -0.25) is 4.79 Å². The standard InChI is InChI=1S/C16H21N3OS/c1-11(21-3)8-9-18-16(20)13-10-15(17-2)19-14-7-5-4-6-12(13)14/h4-7,10-11H,8-9H2,1-3H3,(H,17,19)(H,18,20). The van der Waals surface area contributed by atoms with E-state index in [2.05, 4.69) is 28.8 Å². The number of rotatable bonds is 6. The van der Waals surface area contributed by atoms with Crippen LogP contribution in [0.3, 0.4) is 0 Å². The van der Waals surface area contributed by atoms with E-state index >= 15 is 0 Å². The van der Waals surface area contributed by atoms with Crippen LogP contribution in [0.2, 0.25) is 0 Å². The number of nitrogens with one attached hydrogen (secondary N) is 2. The summed E-state index contributed by atoms with van der Waals surface area (Å²) in [6, 6.07) is 9.51. The van der Waals surface area contributed by atoms with Crippen LogP contribution in [0.25, 0.3) is 10.9 Å². The second-order valence-corrected chi connectivity index (χ2v) is 6.19. The van der Waals surface area contributed by atoms with Crippen LogP contribution >= 0.6 is 11.8 Å². The molecule has 21 heavy (non-hydrogen) atoms. The van der Waals surface area contributed by atoms with E-state index < -0.39 is 0 Å². The molecular weight excluding hydrogens is 282 g/mol. The van der Waals surface area contributed by atoms with E-state index in [1.165, 1.54) is 0 Å². The average molecular weight is 303 g/mol. The van der Waals surface area contributed by atoms with E-state index in [4.69, 9.17) is 0 Å². The Bertz CT molecular complexity index is 630. The lowest BCUT2D eigenvalue weighted by atomic mass is 10.1. The zero-order valence-corrected chi connectivity index (χ0v) is 13.5. The summed E-state index contributed by atoms with van der Waals surface area (Å²) in [6.45, 7) is 2.85. The molecule has 0 saturated heterocycles. The monoisotopic (exact) mass is 303 g/mol. The molecule has 112 valence electrons. The van der Waals surface area contributed by atoms with E-state index in [1.54, 1.807) is 13.1 Å². The van der Waals surface area contributed by atoms with Gasteiger partial charge >= 0.3 is 0 Å². The van der Waals surface area contributed by atoms with Gasteiger partial charge in [-0.05, 0) is 24.8 Å². The Kier molecular flexibility index (Phi) is 5.44. The number of thioether (sulfide) groups is 1. The van der Waals surface area contributed by atoms with E-state index in [0.29, 0.717) is 23.2 Å². The molecule has 5 heteroatoms. The van der Waals surface area contributed by atoms with Crippen molar-refractivity contribution in [1.29, 1.82) is 0 Å². The summed E-state index contributed by atoms with van der Waals surface area (Å²) >= 11 is 1.81. The van der Waals surface area contributed by atoms with Crippen LogP contribution in [0.1, 0.15) is 23.7 Å². The molecule has 2 aromatic rings. The third kappa shape index (κ3) is 3.88. The van der Waals surface area contributed by atoms with Gasteiger partial charge in [0.1, 0.15) is 5.82 Å². The molecule has 4 nitrogen and oxygen atoms in total. The minimum atomic E-state index is -0.0431. The van der Waals surface area contributed by atoms with Crippen molar-refractivity contribution in [1.82, 2.24) is 10.3 Å². The number of carbonyl (C=O) groups excluding carboxylic acids is 1. The first-order valence-electron chi connectivity index (χ1n) is 7.04. The van der Waals surface area contributed by atoms with E-state index in [9.17, 15) is 4.79 Å². The number of hydrogen-bond acceptors (Lipinski definition) is 4. The molecule has 1 amide bonds. The zero-order chi connectivity index (χ0) is 15.2. The van der Waals surface area contributed by atoms with Gasteiger partial charge in [-0.15, -0.1) is 0 Å². The molecule has 2 N–H and O–H groups in total. The molecule has 1 unspecified atom stereocenters. The maximum Gasteiger partial charge on any atom is 0.252 e. The lowest BCUT2D eigenvalue weighted by Crippen LogP contribution is -2.26. The van der Waals surface area contributed by atoms with Crippen LogP contribution in [0.5, 0.6) is 0 Å². The molecule has 1 aromatic carbocycles. The third-order valence-electron chi connectivity index (χ3n) is 3.46. The van der Waals surface area contributed by atoms with Crippen molar-refractivity contribution in [2.75, 3.05) is 25.2 Å². The van der Waals surface area contributed by atoms with Gasteiger partial charge in [0.15, 0.2) is 0 Å². The molecule has 0 radical (unpaired) electrons. The highest BCUT2D eigenvalue weighted by Gasteiger charge is 2.12. The van der Waals surface area contributed by atoms with Crippen LogP contribution < -0.4 is 10.6 Å². The summed E-state index contributed by atoms with van der Waals surface area (Å²) in [7, 11) is 1.80. The van der Waals surface area contributed by atoms with Gasteiger partial charge in [-0.2, -0.15) is 11.8 Å². The van der Waals surface area contributed by atoms with Gasteiger partial charge in [0, 0.05) is 24.2 Å². The fourth-order valence-corrected chi connectivity index (χ4v) is 2.45. The number of para-hydroxylation sites is 1. The van der Waals surface area contributed by atoms with Crippen LogP contribution in [0.15, 0.2) is 30.3 Å². The Hall–Kier alpha value is -1.75. The predicted octanol–water partition coefficient (Wildman–Crippen LogP) is 3.15. The van der Waals surface area contributed by atoms with Crippen LogP contribution in [-0.2, 0) is 0 Å². The number of amides is 1. The number of benzene rings is 1. The molecule has 1 atom stereocenters. The molecule has 0 bridgehead atoms. The Morgan fingerprint density at radius 3 is 2.86 bits per heavy atom. The number of carbonyl (C=O) groups is 1. The SMILES string of the molecule is CNc1cc(C(=O)NCCC(C)SC)c2ccccc2n1. The van der Waals surface area contributed by atoms with Gasteiger partial charge in [0.25, 0.3) is 5.91 Å². The second-order valence-electron chi connectivity index (χ2n) is 4.91. The molecule has 1 heterocycles. The number of nitrogens with zero attached hydrogens (tertiary/aromatic N) is 1. The molecule has 0 aliphatic heterocycles. The summed E-state index contributed by atoms with van der Waals surface area (Å²) in [5, 5.41) is 7.43. The van der Waals surface area contributed by atoms with E-state index in [0.717, 1.165) is 17.3 Å². The molecule has 0 fully saturated rings. The Morgan fingerprint density at radius 2 is 2.14 bits per heavy atom. The molecule has 0 aliphatic carbocycles. The molecule has 0 saturated carbocycles. The van der Waals surface area contributed by atoms with Crippen LogP contribution in [0.4, 0.5) is 5.82 Å². The van der Waals surface area contributed by atoms with Gasteiger partial charge < -0.3 is 10.6 Å². The fourth-order valence-electron chi connectivity index (χ4n) is 2.09. The lowest BCUT2D eigenvalue weighted by Gasteiger charge is -2.11. The van der Waals surface area contributed by atoms with Gasteiger partial charge in [-0.25, -0.2) is 4.98 Å². The normalized spacial score (nSPS) is 12.1. The lowest BCUT2D eigenvalue weighted by molar-refractivity contribution is 0.0955. The highest BCUT2D eigenvalue weighted by atomic mass is 32.2. The Balaban J connectivity index is 2.21. The summed E-state index contributed by atoms with van der Waals surface area (Å²) < 4.78 is 0. The number of fused-ring (bicyclic) bond motifs is 1. The fraction of sp³-hybridized carbons (Fsp3) is 0.375. The highest BCUT2D eigenvalue weighted by molar-refractivity contribution is 7.99. The summed E-state index contributed by atoms with van der Waals surface area (Å²) in [4.78, 5) is 16.9. The van der Waals surface area contributed by atoms with E-state index in [-0.39, 0.29) is 5.91 Å². The van der Waals surface area contributed by atoms with Crippen molar-refractivity contribution < 1.29 is 4.79 Å². The smallest absolute Gasteiger partial charge is 0.252 e. The average Bonchev–Trinajstić information content (AvgIpc) is 2.53. The first kappa shape index (κ1) is 15.6. The van der Waals surface area contributed by atoms with Crippen molar-refractivity contribution in [3.8, 4) is 0 Å². The molecular formula is C16H21N3OS. The predicted molar refractivity (Wildman–Crippen MR) is 91.2 cm³/mol. The number of pyridine rings is 1. The van der Waals surface area contributed by atoms with E-state index in [1.807, 2.05) is 36.0 Å². The summed E-state index contributed by atoms with van der Waals surface area (Å²) in [5.41, 5.74) is 1.49. The van der Waals surface area contributed by atoms with Crippen LogP contribution in [0, 0.1) is 0 Å². The number of aromatic nitrogens is 1. The minimum Gasteiger partial charge on any atom is -0.373 e. The quantitative estimate of drug-likeness (QED) is 0.861. The molecule has 2 rings (SSSR count). The summed E-state index contributed by atoms with van der Waals surface area (Å²) in [6.07, 6.45) is 3.05. The Morgan fingerprint density at radius 1 is 1.38 bits per heavy atom. The topological polar surface area (TPSA) is 54.0 Å². The molecule has 1 aromatic heterocycles. The first-order valence-corrected chi connectivity index (χ1v) is 8.33. The zero-order valence-electron chi connectivity index (χ0n) is 12.6. The maximum absolute atomic E-state index is 12.4. The number of anilines is 1.